The van der Waals surface area contributed by atoms with Crippen LogP contribution in [0, 0.1) is 0 Å². The van der Waals surface area contributed by atoms with Gasteiger partial charge in [-0.05, 0) is 13.8 Å². The number of likely N-dealkylation sites (N-methyl/N-ethyl adjacent to an activating group) is 1. The third-order valence-corrected chi connectivity index (χ3v) is 1.71. The molecule has 66 valence electrons. The molecule has 0 saturated carbocycles. The summed E-state index contributed by atoms with van der Waals surface area (Å²) in [5.41, 5.74) is 0.631. The predicted octanol–water partition coefficient (Wildman–Crippen LogP) is -1.81. The molecule has 0 fully saturated rings. The van der Waals surface area contributed by atoms with Crippen LogP contribution in [0.25, 0.3) is 0 Å². The Labute approximate surface area is 74.9 Å². The molecule has 0 saturated heterocycles. The predicted molar refractivity (Wildman–Crippen MR) is 42.5 cm³/mol. The molecule has 1 amide bonds. The maximum atomic E-state index is 11.3. The molecule has 0 N–H and O–H groups in total. The fourth-order valence-electron chi connectivity index (χ4n) is 0.660. The molecule has 0 spiro atoms. The third-order valence-electron chi connectivity index (χ3n) is 1.71. The second kappa shape index (κ2) is 4.52. The van der Waals surface area contributed by atoms with Gasteiger partial charge in [0.05, 0.1) is 20.6 Å². The van der Waals surface area contributed by atoms with Crippen LogP contribution < -0.4 is 12.4 Å². The molecule has 3 heteroatoms. The van der Waals surface area contributed by atoms with Gasteiger partial charge >= 0.3 is 5.91 Å². The fourth-order valence-corrected chi connectivity index (χ4v) is 0.660. The molecule has 0 aromatic rings. The van der Waals surface area contributed by atoms with E-state index in [2.05, 4.69) is 6.58 Å². The molecule has 0 unspecified atom stereocenters. The number of carbonyl (C=O) groups is 1. The van der Waals surface area contributed by atoms with E-state index in [9.17, 15) is 4.79 Å². The number of quaternary nitrogens is 1. The van der Waals surface area contributed by atoms with Crippen molar-refractivity contribution in [3.05, 3.63) is 12.2 Å². The Morgan fingerprint density at radius 1 is 1.45 bits per heavy atom. The van der Waals surface area contributed by atoms with E-state index in [0.717, 1.165) is 6.54 Å². The monoisotopic (exact) mass is 177 g/mol. The number of rotatable bonds is 2. The molecule has 0 aliphatic carbocycles. The van der Waals surface area contributed by atoms with E-state index in [1.54, 1.807) is 6.92 Å². The van der Waals surface area contributed by atoms with E-state index >= 15 is 0 Å². The van der Waals surface area contributed by atoms with Crippen molar-refractivity contribution in [3.8, 4) is 0 Å². The maximum Gasteiger partial charge on any atom is 0.340 e. The maximum absolute atomic E-state index is 11.3. The van der Waals surface area contributed by atoms with E-state index in [0.29, 0.717) is 10.1 Å². The standard InChI is InChI=1S/C8H16NO.ClH/c1-6-9(4,5)8(10)7(2)3;/h2,6H2,1,3-5H3;1H/q+1;/p-1. The first-order chi connectivity index (χ1) is 4.41. The molecule has 0 aliphatic heterocycles. The SMILES string of the molecule is C=C(C)C(=O)[N+](C)(C)CC.[Cl-]. The van der Waals surface area contributed by atoms with Gasteiger partial charge in [-0.1, -0.05) is 6.58 Å². The zero-order chi connectivity index (χ0) is 8.36. The van der Waals surface area contributed by atoms with Crippen molar-refractivity contribution < 1.29 is 21.7 Å². The first-order valence-electron chi connectivity index (χ1n) is 3.45. The Bertz CT molecular complexity index is 163. The normalized spacial score (nSPS) is 10.2. The number of amides is 1. The van der Waals surface area contributed by atoms with Crippen LogP contribution in [0.15, 0.2) is 12.2 Å². The van der Waals surface area contributed by atoms with Crippen molar-refractivity contribution in [1.29, 1.82) is 0 Å². The minimum atomic E-state index is 0. The minimum Gasteiger partial charge on any atom is -1.00 e. The topological polar surface area (TPSA) is 17.1 Å². The highest BCUT2D eigenvalue weighted by atomic mass is 35.5. The molecular formula is C8H16ClNO. The smallest absolute Gasteiger partial charge is 0.340 e. The van der Waals surface area contributed by atoms with Gasteiger partial charge in [-0.15, -0.1) is 0 Å². The van der Waals surface area contributed by atoms with Crippen molar-refractivity contribution in [2.24, 2.45) is 0 Å². The summed E-state index contributed by atoms with van der Waals surface area (Å²) in [6.07, 6.45) is 0. The van der Waals surface area contributed by atoms with Crippen LogP contribution in [0.4, 0.5) is 0 Å². The first-order valence-corrected chi connectivity index (χ1v) is 3.45. The molecule has 0 atom stereocenters. The quantitative estimate of drug-likeness (QED) is 0.359. The lowest BCUT2D eigenvalue weighted by Gasteiger charge is -2.24. The molecule has 0 rings (SSSR count). The van der Waals surface area contributed by atoms with Gasteiger partial charge in [0.15, 0.2) is 0 Å². The Hall–Kier alpha value is -0.340. The summed E-state index contributed by atoms with van der Waals surface area (Å²) >= 11 is 0. The van der Waals surface area contributed by atoms with Gasteiger partial charge in [0.1, 0.15) is 0 Å². The largest absolute Gasteiger partial charge is 1.00 e. The van der Waals surface area contributed by atoms with E-state index < -0.39 is 0 Å². The minimum absolute atomic E-state index is 0. The fraction of sp³-hybridized carbons (Fsp3) is 0.625. The van der Waals surface area contributed by atoms with Crippen LogP contribution in [0.2, 0.25) is 0 Å². The van der Waals surface area contributed by atoms with Crippen LogP contribution in [0.5, 0.6) is 0 Å². The van der Waals surface area contributed by atoms with Crippen LogP contribution in [-0.2, 0) is 4.79 Å². The van der Waals surface area contributed by atoms with Gasteiger partial charge in [0.2, 0.25) is 0 Å². The second-order valence-corrected chi connectivity index (χ2v) is 3.09. The van der Waals surface area contributed by atoms with Crippen molar-refractivity contribution in [1.82, 2.24) is 0 Å². The molecule has 0 aliphatic rings. The number of halogens is 1. The summed E-state index contributed by atoms with van der Waals surface area (Å²) < 4.78 is 0.398. The molecule has 0 radical (unpaired) electrons. The van der Waals surface area contributed by atoms with E-state index in [1.165, 1.54) is 0 Å². The van der Waals surface area contributed by atoms with Crippen LogP contribution in [0.3, 0.4) is 0 Å². The lowest BCUT2D eigenvalue weighted by atomic mass is 10.3. The average Bonchev–Trinajstić information content (AvgIpc) is 1.86. The number of nitrogens with zero attached hydrogens (tertiary/aromatic N) is 1. The van der Waals surface area contributed by atoms with Crippen LogP contribution >= 0.6 is 0 Å². The highest BCUT2D eigenvalue weighted by Crippen LogP contribution is 2.03. The lowest BCUT2D eigenvalue weighted by molar-refractivity contribution is -0.809. The summed E-state index contributed by atoms with van der Waals surface area (Å²) in [7, 11) is 3.77. The van der Waals surface area contributed by atoms with Crippen molar-refractivity contribution >= 4 is 5.91 Å². The van der Waals surface area contributed by atoms with Crippen molar-refractivity contribution in [2.45, 2.75) is 13.8 Å². The van der Waals surface area contributed by atoms with Gasteiger partial charge in [-0.25, -0.2) is 4.79 Å². The van der Waals surface area contributed by atoms with Gasteiger partial charge in [-0.3, -0.25) is 4.48 Å². The summed E-state index contributed by atoms with van der Waals surface area (Å²) in [6, 6.07) is 0. The average molecular weight is 178 g/mol. The van der Waals surface area contributed by atoms with Crippen LogP contribution in [-0.4, -0.2) is 31.0 Å². The molecule has 0 bridgehead atoms. The van der Waals surface area contributed by atoms with Crippen LogP contribution in [0.1, 0.15) is 13.8 Å². The Morgan fingerprint density at radius 2 is 1.82 bits per heavy atom. The van der Waals surface area contributed by atoms with E-state index in [1.807, 2.05) is 21.0 Å². The summed E-state index contributed by atoms with van der Waals surface area (Å²) in [4.78, 5) is 11.3. The molecule has 0 aromatic heterocycles. The zero-order valence-electron chi connectivity index (χ0n) is 7.65. The highest BCUT2D eigenvalue weighted by Gasteiger charge is 2.23. The Balaban J connectivity index is 0. The number of carbonyl (C=O) groups excluding carboxylic acids is 1. The zero-order valence-corrected chi connectivity index (χ0v) is 8.40. The highest BCUT2D eigenvalue weighted by molar-refractivity contribution is 5.86. The summed E-state index contributed by atoms with van der Waals surface area (Å²) in [6.45, 7) is 8.15. The first kappa shape index (κ1) is 13.3. The van der Waals surface area contributed by atoms with E-state index in [4.69, 9.17) is 0 Å². The Kier molecular flexibility index (Phi) is 5.45. The van der Waals surface area contributed by atoms with E-state index in [-0.39, 0.29) is 18.3 Å². The summed E-state index contributed by atoms with van der Waals surface area (Å²) in [5.74, 6) is 0.113. The van der Waals surface area contributed by atoms with Gasteiger partial charge in [0, 0.05) is 5.57 Å². The number of hydrogen-bond donors (Lipinski definition) is 0. The van der Waals surface area contributed by atoms with Crippen molar-refractivity contribution in [2.75, 3.05) is 20.6 Å². The molecular weight excluding hydrogens is 162 g/mol. The number of hydrogen-bond acceptors (Lipinski definition) is 1. The molecule has 0 heterocycles. The van der Waals surface area contributed by atoms with Crippen molar-refractivity contribution in [3.63, 3.8) is 0 Å². The van der Waals surface area contributed by atoms with Gasteiger partial charge < -0.3 is 12.4 Å². The Morgan fingerprint density at radius 3 is 1.91 bits per heavy atom. The third kappa shape index (κ3) is 3.54. The van der Waals surface area contributed by atoms with Gasteiger partial charge in [-0.2, -0.15) is 0 Å². The lowest BCUT2D eigenvalue weighted by Crippen LogP contribution is -3.00. The molecule has 11 heavy (non-hydrogen) atoms. The molecule has 2 nitrogen and oxygen atoms in total. The van der Waals surface area contributed by atoms with Gasteiger partial charge in [0.25, 0.3) is 0 Å². The second-order valence-electron chi connectivity index (χ2n) is 3.09. The summed E-state index contributed by atoms with van der Waals surface area (Å²) in [5, 5.41) is 0. The molecule has 0 aromatic carbocycles.